The van der Waals surface area contributed by atoms with E-state index in [0.717, 1.165) is 62.0 Å². The average molecular weight is 415 g/mol. The molecule has 0 amide bonds. The zero-order valence-electron chi connectivity index (χ0n) is 18.3. The topological polar surface area (TPSA) is 54.4 Å². The molecule has 1 aliphatic rings. The van der Waals surface area contributed by atoms with Crippen molar-refractivity contribution in [2.45, 2.75) is 32.5 Å². The lowest BCUT2D eigenvalue weighted by Gasteiger charge is -2.41. The van der Waals surface area contributed by atoms with Gasteiger partial charge in [-0.3, -0.25) is 9.80 Å². The maximum atomic E-state index is 9.67. The van der Waals surface area contributed by atoms with Crippen LogP contribution in [0, 0.1) is 0 Å². The van der Waals surface area contributed by atoms with Gasteiger partial charge in [-0.2, -0.15) is 0 Å². The molecule has 1 heterocycles. The van der Waals surface area contributed by atoms with Crippen molar-refractivity contribution in [2.24, 2.45) is 0 Å². The second-order valence-corrected chi connectivity index (χ2v) is 7.55. The van der Waals surface area contributed by atoms with E-state index >= 15 is 0 Å². The lowest BCUT2D eigenvalue weighted by atomic mass is 10.0. The number of methoxy groups -OCH3 is 2. The molecule has 1 aliphatic heterocycles. The Balaban J connectivity index is 1.72. The van der Waals surface area contributed by atoms with Gasteiger partial charge < -0.3 is 19.3 Å². The summed E-state index contributed by atoms with van der Waals surface area (Å²) in [6.07, 6.45) is 0.746. The van der Waals surface area contributed by atoms with E-state index in [0.29, 0.717) is 6.61 Å². The Bertz CT molecular complexity index is 776. The van der Waals surface area contributed by atoms with Crippen molar-refractivity contribution < 1.29 is 19.3 Å². The lowest BCUT2D eigenvalue weighted by molar-refractivity contribution is 0.0487. The number of hydrogen-bond donors (Lipinski definition) is 1. The monoisotopic (exact) mass is 414 g/mol. The van der Waals surface area contributed by atoms with Gasteiger partial charge in [0.2, 0.25) is 0 Å². The molecule has 164 valence electrons. The molecule has 1 N–H and O–H groups in total. The summed E-state index contributed by atoms with van der Waals surface area (Å²) in [4.78, 5) is 4.88. The Hall–Kier alpha value is -2.28. The summed E-state index contributed by atoms with van der Waals surface area (Å²) < 4.78 is 16.9. The van der Waals surface area contributed by atoms with Crippen molar-refractivity contribution in [1.29, 1.82) is 0 Å². The summed E-state index contributed by atoms with van der Waals surface area (Å²) in [5.74, 6) is 2.64. The number of ether oxygens (including phenoxy) is 3. The third-order valence-corrected chi connectivity index (χ3v) is 5.71. The van der Waals surface area contributed by atoms with Crippen LogP contribution in [-0.4, -0.2) is 68.0 Å². The summed E-state index contributed by atoms with van der Waals surface area (Å²) in [5.41, 5.74) is 2.27. The van der Waals surface area contributed by atoms with Crippen LogP contribution >= 0.6 is 0 Å². The number of nitrogens with zero attached hydrogens (tertiary/aromatic N) is 2. The van der Waals surface area contributed by atoms with Gasteiger partial charge in [0.15, 0.2) is 0 Å². The van der Waals surface area contributed by atoms with E-state index in [-0.39, 0.29) is 12.6 Å². The number of aliphatic hydroxyl groups is 1. The average Bonchev–Trinajstić information content (AvgIpc) is 2.77. The molecule has 0 bridgehead atoms. The van der Waals surface area contributed by atoms with Gasteiger partial charge in [-0.25, -0.2) is 0 Å². The van der Waals surface area contributed by atoms with Crippen LogP contribution in [-0.2, 0) is 13.1 Å². The van der Waals surface area contributed by atoms with Crippen LogP contribution in [0.5, 0.6) is 17.2 Å². The van der Waals surface area contributed by atoms with Crippen LogP contribution in [0.4, 0.5) is 0 Å². The van der Waals surface area contributed by atoms with Crippen molar-refractivity contribution in [3.8, 4) is 17.2 Å². The third kappa shape index (κ3) is 5.45. The molecule has 6 heteroatoms. The lowest BCUT2D eigenvalue weighted by Crippen LogP contribution is -2.52. The highest BCUT2D eigenvalue weighted by Crippen LogP contribution is 2.31. The number of para-hydroxylation sites is 1. The van der Waals surface area contributed by atoms with Crippen molar-refractivity contribution in [2.75, 3.05) is 47.1 Å². The smallest absolute Gasteiger partial charge is 0.127 e. The van der Waals surface area contributed by atoms with Crippen molar-refractivity contribution in [3.63, 3.8) is 0 Å². The minimum Gasteiger partial charge on any atom is -0.496 e. The van der Waals surface area contributed by atoms with Crippen molar-refractivity contribution in [3.05, 3.63) is 53.6 Å². The SMILES string of the molecule is CCOc1ccccc1CN1CCN(Cc2c(OC)cccc2OC)CC1CCO. The van der Waals surface area contributed by atoms with Gasteiger partial charge in [0.1, 0.15) is 17.2 Å². The first-order chi connectivity index (χ1) is 14.7. The molecular formula is C24H34N2O4. The quantitative estimate of drug-likeness (QED) is 0.645. The van der Waals surface area contributed by atoms with Crippen molar-refractivity contribution >= 4 is 0 Å². The Labute approximate surface area is 180 Å². The second kappa shape index (κ2) is 11.2. The molecule has 6 nitrogen and oxygen atoms in total. The summed E-state index contributed by atoms with van der Waals surface area (Å²) in [6, 6.07) is 14.4. The first-order valence-electron chi connectivity index (χ1n) is 10.7. The Morgan fingerprint density at radius 3 is 2.30 bits per heavy atom. The van der Waals surface area contributed by atoms with Crippen LogP contribution in [0.25, 0.3) is 0 Å². The number of benzene rings is 2. The maximum Gasteiger partial charge on any atom is 0.127 e. The summed E-state index contributed by atoms with van der Waals surface area (Å²) in [5, 5.41) is 9.67. The van der Waals surface area contributed by atoms with Gasteiger partial charge in [-0.05, 0) is 31.5 Å². The van der Waals surface area contributed by atoms with Gasteiger partial charge in [0, 0.05) is 50.9 Å². The highest BCUT2D eigenvalue weighted by Gasteiger charge is 2.28. The van der Waals surface area contributed by atoms with Crippen LogP contribution < -0.4 is 14.2 Å². The van der Waals surface area contributed by atoms with Crippen LogP contribution in [0.3, 0.4) is 0 Å². The molecule has 2 aromatic rings. The summed E-state index contributed by atoms with van der Waals surface area (Å²) in [6.45, 7) is 7.20. The van der Waals surface area contributed by atoms with E-state index in [1.165, 1.54) is 5.56 Å². The fraction of sp³-hybridized carbons (Fsp3) is 0.500. The van der Waals surface area contributed by atoms with Crippen LogP contribution in [0.1, 0.15) is 24.5 Å². The number of rotatable bonds is 10. The molecule has 1 unspecified atom stereocenters. The molecule has 3 rings (SSSR count). The fourth-order valence-electron chi connectivity index (χ4n) is 4.19. The molecule has 1 atom stereocenters. The molecular weight excluding hydrogens is 380 g/mol. The maximum absolute atomic E-state index is 9.67. The number of aliphatic hydroxyl groups excluding tert-OH is 1. The minimum absolute atomic E-state index is 0.181. The van der Waals surface area contributed by atoms with E-state index in [4.69, 9.17) is 14.2 Å². The van der Waals surface area contributed by atoms with E-state index in [9.17, 15) is 5.11 Å². The first kappa shape index (κ1) is 22.4. The molecule has 0 radical (unpaired) electrons. The molecule has 1 saturated heterocycles. The van der Waals surface area contributed by atoms with Crippen LogP contribution in [0.15, 0.2) is 42.5 Å². The Morgan fingerprint density at radius 1 is 0.933 bits per heavy atom. The molecule has 0 spiro atoms. The third-order valence-electron chi connectivity index (χ3n) is 5.71. The van der Waals surface area contributed by atoms with E-state index in [2.05, 4.69) is 21.9 Å². The fourth-order valence-corrected chi connectivity index (χ4v) is 4.19. The van der Waals surface area contributed by atoms with Gasteiger partial charge in [-0.15, -0.1) is 0 Å². The zero-order valence-corrected chi connectivity index (χ0v) is 18.3. The van der Waals surface area contributed by atoms with Gasteiger partial charge in [0.25, 0.3) is 0 Å². The Kier molecular flexibility index (Phi) is 8.37. The van der Waals surface area contributed by atoms with Gasteiger partial charge >= 0.3 is 0 Å². The van der Waals surface area contributed by atoms with Gasteiger partial charge in [0.05, 0.1) is 26.4 Å². The van der Waals surface area contributed by atoms with E-state index < -0.39 is 0 Å². The molecule has 2 aromatic carbocycles. The van der Waals surface area contributed by atoms with E-state index in [1.807, 2.05) is 37.3 Å². The molecule has 30 heavy (non-hydrogen) atoms. The number of piperazine rings is 1. The molecule has 0 aliphatic carbocycles. The predicted molar refractivity (Wildman–Crippen MR) is 118 cm³/mol. The highest BCUT2D eigenvalue weighted by atomic mass is 16.5. The highest BCUT2D eigenvalue weighted by molar-refractivity contribution is 5.44. The van der Waals surface area contributed by atoms with Crippen molar-refractivity contribution in [1.82, 2.24) is 9.80 Å². The Morgan fingerprint density at radius 2 is 1.63 bits per heavy atom. The molecule has 1 fully saturated rings. The predicted octanol–water partition coefficient (Wildman–Crippen LogP) is 3.17. The number of hydrogen-bond acceptors (Lipinski definition) is 6. The zero-order chi connectivity index (χ0) is 21.3. The van der Waals surface area contributed by atoms with Gasteiger partial charge in [-0.1, -0.05) is 24.3 Å². The second-order valence-electron chi connectivity index (χ2n) is 7.55. The summed E-state index contributed by atoms with van der Waals surface area (Å²) in [7, 11) is 3.39. The molecule has 0 saturated carbocycles. The standard InChI is InChI=1S/C24H34N2O4/c1-4-30-22-9-6-5-8-19(22)16-26-14-13-25(17-20(26)12-15-27)18-21-23(28-2)10-7-11-24(21)29-3/h5-11,20,27H,4,12-18H2,1-3H3. The van der Waals surface area contributed by atoms with Crippen LogP contribution in [0.2, 0.25) is 0 Å². The summed E-state index contributed by atoms with van der Waals surface area (Å²) >= 11 is 0. The normalized spacial score (nSPS) is 17.7. The van der Waals surface area contributed by atoms with E-state index in [1.54, 1.807) is 14.2 Å². The minimum atomic E-state index is 0.181. The molecule has 0 aromatic heterocycles. The first-order valence-corrected chi connectivity index (χ1v) is 10.7. The largest absolute Gasteiger partial charge is 0.496 e.